The summed E-state index contributed by atoms with van der Waals surface area (Å²) in [6, 6.07) is 8.30. The fourth-order valence-electron chi connectivity index (χ4n) is 3.29. The van der Waals surface area contributed by atoms with E-state index in [-0.39, 0.29) is 17.9 Å². The number of rotatable bonds is 7. The fourth-order valence-corrected chi connectivity index (χ4v) is 3.29. The minimum Gasteiger partial charge on any atom is -0.493 e. The van der Waals surface area contributed by atoms with Crippen molar-refractivity contribution in [3.63, 3.8) is 0 Å². The summed E-state index contributed by atoms with van der Waals surface area (Å²) in [5, 5.41) is 6.76. The molecule has 4 N–H and O–H groups in total. The number of carbonyl (C=O) groups excluding carboxylic acids is 1. The van der Waals surface area contributed by atoms with Crippen LogP contribution < -0.4 is 21.2 Å². The van der Waals surface area contributed by atoms with Gasteiger partial charge < -0.3 is 25.9 Å². The van der Waals surface area contributed by atoms with Crippen molar-refractivity contribution in [1.29, 1.82) is 0 Å². The van der Waals surface area contributed by atoms with Gasteiger partial charge in [0.2, 0.25) is 5.91 Å². The summed E-state index contributed by atoms with van der Waals surface area (Å²) < 4.78 is 11.8. The molecule has 2 heterocycles. The highest BCUT2D eigenvalue weighted by Gasteiger charge is 2.28. The zero-order valence-corrected chi connectivity index (χ0v) is 16.1. The number of amidine groups is 1. The number of nitrogens with one attached hydrogen (secondary N) is 2. The van der Waals surface area contributed by atoms with Crippen molar-refractivity contribution in [1.82, 2.24) is 10.7 Å². The Hall–Kier alpha value is -2.28. The highest BCUT2D eigenvalue weighted by Crippen LogP contribution is 2.22. The third kappa shape index (κ3) is 5.35. The van der Waals surface area contributed by atoms with Gasteiger partial charge in [-0.3, -0.25) is 4.79 Å². The van der Waals surface area contributed by atoms with E-state index >= 15 is 0 Å². The quantitative estimate of drug-likeness (QED) is 0.673. The number of amides is 1. The predicted octanol–water partition coefficient (Wildman–Crippen LogP) is 1.59. The fraction of sp³-hybridized carbons (Fsp3) is 0.600. The number of nitrogens with two attached hydrogens (primary N) is 1. The first-order valence-corrected chi connectivity index (χ1v) is 9.71. The lowest BCUT2D eigenvalue weighted by molar-refractivity contribution is -0.123. The molecule has 1 aromatic carbocycles. The van der Waals surface area contributed by atoms with E-state index in [0.29, 0.717) is 44.0 Å². The SMILES string of the molecule is CC(C)c1ccc(OC[C@@H]2CC[C@H](CNC(=O)C3CNN=C3N)OC2)cc1. The van der Waals surface area contributed by atoms with Crippen LogP contribution in [0.25, 0.3) is 0 Å². The van der Waals surface area contributed by atoms with Gasteiger partial charge in [-0.05, 0) is 36.5 Å². The summed E-state index contributed by atoms with van der Waals surface area (Å²) in [6.45, 7) is 6.64. The van der Waals surface area contributed by atoms with Crippen molar-refractivity contribution in [3.05, 3.63) is 29.8 Å². The highest BCUT2D eigenvalue weighted by molar-refractivity contribution is 6.03. The van der Waals surface area contributed by atoms with Crippen LogP contribution in [0.3, 0.4) is 0 Å². The van der Waals surface area contributed by atoms with Crippen molar-refractivity contribution in [2.24, 2.45) is 22.7 Å². The van der Waals surface area contributed by atoms with Crippen LogP contribution in [-0.4, -0.2) is 44.2 Å². The number of hydrogen-bond acceptors (Lipinski definition) is 6. The molecule has 7 nitrogen and oxygen atoms in total. The van der Waals surface area contributed by atoms with Gasteiger partial charge in [0.25, 0.3) is 0 Å². The molecule has 148 valence electrons. The highest BCUT2D eigenvalue weighted by atomic mass is 16.5. The van der Waals surface area contributed by atoms with E-state index in [4.69, 9.17) is 15.2 Å². The van der Waals surface area contributed by atoms with E-state index in [9.17, 15) is 4.79 Å². The number of hydrazone groups is 1. The molecule has 0 saturated carbocycles. The summed E-state index contributed by atoms with van der Waals surface area (Å²) >= 11 is 0. The van der Waals surface area contributed by atoms with E-state index in [1.54, 1.807) is 0 Å². The molecule has 1 amide bonds. The number of benzene rings is 1. The number of hydrogen-bond donors (Lipinski definition) is 3. The largest absolute Gasteiger partial charge is 0.493 e. The maximum Gasteiger partial charge on any atom is 0.232 e. The number of carbonyl (C=O) groups is 1. The second kappa shape index (κ2) is 9.08. The third-order valence-electron chi connectivity index (χ3n) is 5.18. The number of nitrogens with zero attached hydrogens (tertiary/aromatic N) is 1. The Balaban J connectivity index is 1.34. The van der Waals surface area contributed by atoms with Crippen molar-refractivity contribution < 1.29 is 14.3 Å². The first-order chi connectivity index (χ1) is 13.0. The van der Waals surface area contributed by atoms with Crippen LogP contribution in [0, 0.1) is 11.8 Å². The van der Waals surface area contributed by atoms with Gasteiger partial charge in [0.15, 0.2) is 0 Å². The smallest absolute Gasteiger partial charge is 0.232 e. The lowest BCUT2D eigenvalue weighted by Crippen LogP contribution is -2.44. The van der Waals surface area contributed by atoms with E-state index in [1.807, 2.05) is 12.1 Å². The zero-order chi connectivity index (χ0) is 19.2. The van der Waals surface area contributed by atoms with Gasteiger partial charge in [-0.15, -0.1) is 0 Å². The van der Waals surface area contributed by atoms with Gasteiger partial charge in [0.1, 0.15) is 17.5 Å². The van der Waals surface area contributed by atoms with Crippen LogP contribution in [0.4, 0.5) is 0 Å². The maximum atomic E-state index is 12.1. The van der Waals surface area contributed by atoms with Crippen LogP contribution >= 0.6 is 0 Å². The van der Waals surface area contributed by atoms with Crippen molar-refractivity contribution in [2.75, 3.05) is 26.3 Å². The topological polar surface area (TPSA) is 98.0 Å². The Kier molecular flexibility index (Phi) is 6.55. The molecule has 1 aromatic rings. The molecule has 2 aliphatic heterocycles. The molecule has 3 atom stereocenters. The first-order valence-electron chi connectivity index (χ1n) is 9.71. The van der Waals surface area contributed by atoms with Gasteiger partial charge in [0.05, 0.1) is 25.9 Å². The second-order valence-corrected chi connectivity index (χ2v) is 7.63. The molecule has 1 fully saturated rings. The van der Waals surface area contributed by atoms with Gasteiger partial charge in [-0.2, -0.15) is 5.10 Å². The Morgan fingerprint density at radius 1 is 1.37 bits per heavy atom. The lowest BCUT2D eigenvalue weighted by Gasteiger charge is -2.29. The normalized spacial score (nSPS) is 25.0. The van der Waals surface area contributed by atoms with Crippen LogP contribution in [-0.2, 0) is 9.53 Å². The van der Waals surface area contributed by atoms with Crippen LogP contribution in [0.5, 0.6) is 5.75 Å². The van der Waals surface area contributed by atoms with Crippen molar-refractivity contribution >= 4 is 11.7 Å². The number of ether oxygens (including phenoxy) is 2. The molecule has 0 aliphatic carbocycles. The van der Waals surface area contributed by atoms with Gasteiger partial charge in [-0.1, -0.05) is 26.0 Å². The molecule has 0 bridgehead atoms. The van der Waals surface area contributed by atoms with E-state index in [0.717, 1.165) is 18.6 Å². The Morgan fingerprint density at radius 3 is 2.74 bits per heavy atom. The van der Waals surface area contributed by atoms with Crippen LogP contribution in [0.1, 0.15) is 38.2 Å². The van der Waals surface area contributed by atoms with Crippen LogP contribution in [0.2, 0.25) is 0 Å². The Morgan fingerprint density at radius 2 is 2.15 bits per heavy atom. The molecule has 27 heavy (non-hydrogen) atoms. The lowest BCUT2D eigenvalue weighted by atomic mass is 9.99. The summed E-state index contributed by atoms with van der Waals surface area (Å²) in [4.78, 5) is 12.1. The average molecular weight is 374 g/mol. The molecular weight excluding hydrogens is 344 g/mol. The second-order valence-electron chi connectivity index (χ2n) is 7.63. The minimum absolute atomic E-state index is 0.0445. The summed E-state index contributed by atoms with van der Waals surface area (Å²) in [7, 11) is 0. The Labute approximate surface area is 160 Å². The average Bonchev–Trinajstić information content (AvgIpc) is 3.11. The molecular formula is C20H30N4O3. The zero-order valence-electron chi connectivity index (χ0n) is 16.1. The molecule has 1 unspecified atom stereocenters. The molecule has 0 spiro atoms. The van der Waals surface area contributed by atoms with Crippen LogP contribution in [0.15, 0.2) is 29.4 Å². The minimum atomic E-state index is -0.378. The van der Waals surface area contributed by atoms with E-state index in [1.165, 1.54) is 5.56 Å². The summed E-state index contributed by atoms with van der Waals surface area (Å²) in [5.41, 5.74) is 9.75. The van der Waals surface area contributed by atoms with Gasteiger partial charge >= 0.3 is 0 Å². The summed E-state index contributed by atoms with van der Waals surface area (Å²) in [6.07, 6.45) is 1.98. The monoisotopic (exact) mass is 374 g/mol. The molecule has 7 heteroatoms. The maximum absolute atomic E-state index is 12.1. The third-order valence-corrected chi connectivity index (χ3v) is 5.18. The molecule has 2 aliphatic rings. The molecule has 0 radical (unpaired) electrons. The van der Waals surface area contributed by atoms with E-state index in [2.05, 4.69) is 41.8 Å². The molecule has 3 rings (SSSR count). The van der Waals surface area contributed by atoms with Gasteiger partial charge in [0, 0.05) is 12.5 Å². The summed E-state index contributed by atoms with van der Waals surface area (Å²) in [5.74, 6) is 1.67. The van der Waals surface area contributed by atoms with Crippen molar-refractivity contribution in [2.45, 2.75) is 38.7 Å². The molecule has 1 saturated heterocycles. The van der Waals surface area contributed by atoms with Gasteiger partial charge in [-0.25, -0.2) is 0 Å². The van der Waals surface area contributed by atoms with Crippen molar-refractivity contribution in [3.8, 4) is 5.75 Å². The first kappa shape index (κ1) is 19.5. The van der Waals surface area contributed by atoms with E-state index < -0.39 is 0 Å². The molecule has 0 aromatic heterocycles. The standard InChI is InChI=1S/C20H30N4O3/c1-13(2)15-4-7-16(8-5-15)26-11-14-3-6-17(27-12-14)9-22-20(25)18-10-23-24-19(18)21/h4-5,7-8,13-14,17-18,23H,3,6,9-12H2,1-2H3,(H2,21,24)(H,22,25)/t14-,17+,18?/m0/s1. The Bertz CT molecular complexity index is 652. The predicted molar refractivity (Wildman–Crippen MR) is 105 cm³/mol.